The maximum atomic E-state index is 7.15. The van der Waals surface area contributed by atoms with Gasteiger partial charge in [-0.3, -0.25) is 0 Å². The van der Waals surface area contributed by atoms with E-state index in [9.17, 15) is 0 Å². The first-order chi connectivity index (χ1) is 4.93. The fourth-order valence-corrected chi connectivity index (χ4v) is 5.59. The molecule has 1 nitrogen and oxygen atoms in total. The Balaban J connectivity index is 1.87. The van der Waals surface area contributed by atoms with Crippen LogP contribution in [0.1, 0.15) is 0 Å². The summed E-state index contributed by atoms with van der Waals surface area (Å²) < 4.78 is 0. The van der Waals surface area contributed by atoms with Crippen LogP contribution in [0.3, 0.4) is 0 Å². The van der Waals surface area contributed by atoms with Crippen molar-refractivity contribution in [2.45, 2.75) is 5.54 Å². The zero-order valence-corrected chi connectivity index (χ0v) is 5.49. The zero-order valence-electron chi connectivity index (χ0n) is 5.49. The van der Waals surface area contributed by atoms with Crippen molar-refractivity contribution in [3.8, 4) is 0 Å². The highest BCUT2D eigenvalue weighted by atomic mass is 15.2. The Labute approximate surface area is 59.2 Å². The van der Waals surface area contributed by atoms with E-state index in [1.807, 2.05) is 0 Å². The van der Waals surface area contributed by atoms with E-state index in [1.165, 1.54) is 5.92 Å². The molecular formula is C9H7N. The summed E-state index contributed by atoms with van der Waals surface area (Å²) in [6.45, 7) is 7.15. The summed E-state index contributed by atoms with van der Waals surface area (Å²) >= 11 is 0. The van der Waals surface area contributed by atoms with E-state index in [2.05, 4.69) is 4.85 Å². The lowest BCUT2D eigenvalue weighted by Crippen LogP contribution is -3.07. The van der Waals surface area contributed by atoms with Crippen LogP contribution in [0.15, 0.2) is 0 Å². The third kappa shape index (κ3) is 0.0989. The molecule has 6 saturated carbocycles. The minimum absolute atomic E-state index is 0.300. The summed E-state index contributed by atoms with van der Waals surface area (Å²) in [5.41, 5.74) is 0.300. The van der Waals surface area contributed by atoms with Gasteiger partial charge in [0.2, 0.25) is 5.54 Å². The smallest absolute Gasteiger partial charge is 0.242 e. The summed E-state index contributed by atoms with van der Waals surface area (Å²) in [7, 11) is 0. The Morgan fingerprint density at radius 1 is 0.900 bits per heavy atom. The van der Waals surface area contributed by atoms with Gasteiger partial charge in [-0.2, -0.15) is 0 Å². The Morgan fingerprint density at radius 2 is 1.40 bits per heavy atom. The first kappa shape index (κ1) is 3.76. The van der Waals surface area contributed by atoms with Gasteiger partial charge in [-0.05, 0) is 23.7 Å². The molecule has 0 heterocycles. The van der Waals surface area contributed by atoms with Crippen molar-refractivity contribution in [2.24, 2.45) is 41.4 Å². The monoisotopic (exact) mass is 129 g/mol. The molecule has 0 aromatic heterocycles. The molecule has 6 rings (SSSR count). The van der Waals surface area contributed by atoms with Crippen molar-refractivity contribution in [2.75, 3.05) is 0 Å². The van der Waals surface area contributed by atoms with E-state index in [-0.39, 0.29) is 0 Å². The Bertz CT molecular complexity index is 273. The zero-order chi connectivity index (χ0) is 6.25. The number of nitrogens with zero attached hydrogens (tertiary/aromatic N) is 1. The lowest BCUT2D eigenvalue weighted by atomic mass is 8.99. The maximum absolute atomic E-state index is 7.15. The molecular weight excluding hydrogens is 122 g/mol. The first-order valence-corrected chi connectivity index (χ1v) is 4.31. The van der Waals surface area contributed by atoms with Crippen LogP contribution in [0.2, 0.25) is 0 Å². The van der Waals surface area contributed by atoms with Gasteiger partial charge in [0.05, 0.1) is 0 Å². The van der Waals surface area contributed by atoms with E-state index in [0.29, 0.717) is 5.54 Å². The van der Waals surface area contributed by atoms with E-state index in [1.54, 1.807) is 0 Å². The molecule has 0 spiro atoms. The number of hydrogen-bond donors (Lipinski definition) is 0. The van der Waals surface area contributed by atoms with Crippen LogP contribution in [0.5, 0.6) is 0 Å². The molecule has 0 aromatic rings. The molecule has 0 atom stereocenters. The van der Waals surface area contributed by atoms with Crippen molar-refractivity contribution in [1.29, 1.82) is 0 Å². The second-order valence-corrected chi connectivity index (χ2v) is 4.89. The Kier molecular flexibility index (Phi) is 0.237. The van der Waals surface area contributed by atoms with Gasteiger partial charge in [0.25, 0.3) is 0 Å². The fraction of sp³-hybridized carbons (Fsp3) is 0.889. The van der Waals surface area contributed by atoms with Gasteiger partial charge in [-0.15, -0.1) is 0 Å². The fourth-order valence-electron chi connectivity index (χ4n) is 5.59. The van der Waals surface area contributed by atoms with Crippen LogP contribution in [-0.2, 0) is 0 Å². The first-order valence-electron chi connectivity index (χ1n) is 4.31. The number of rotatable bonds is 0. The topological polar surface area (TPSA) is 4.36 Å². The molecule has 0 N–H and O–H groups in total. The molecule has 0 amide bonds. The van der Waals surface area contributed by atoms with Crippen LogP contribution < -0.4 is 0 Å². The lowest BCUT2D eigenvalue weighted by molar-refractivity contribution is -0.560. The molecule has 48 valence electrons. The summed E-state index contributed by atoms with van der Waals surface area (Å²) in [5.74, 6) is 7.26. The second kappa shape index (κ2) is 0.630. The molecule has 0 aromatic carbocycles. The van der Waals surface area contributed by atoms with Gasteiger partial charge in [-0.1, -0.05) is 0 Å². The molecule has 0 bridgehead atoms. The summed E-state index contributed by atoms with van der Waals surface area (Å²) in [5, 5.41) is 0. The van der Waals surface area contributed by atoms with E-state index in [0.717, 1.165) is 35.5 Å². The molecule has 10 heavy (non-hydrogen) atoms. The van der Waals surface area contributed by atoms with Gasteiger partial charge in [-0.25, -0.2) is 6.57 Å². The summed E-state index contributed by atoms with van der Waals surface area (Å²) in [4.78, 5) is 3.87. The predicted molar refractivity (Wildman–Crippen MR) is 33.8 cm³/mol. The minimum atomic E-state index is 0.300. The van der Waals surface area contributed by atoms with Gasteiger partial charge in [0.1, 0.15) is 0 Å². The highest BCUT2D eigenvalue weighted by Gasteiger charge is 3.09. The molecule has 1 heteroatoms. The SMILES string of the molecule is [C-]#[N+]C12C3C4C5C3C1C5C42. The number of hydrogen-bond acceptors (Lipinski definition) is 0. The second-order valence-electron chi connectivity index (χ2n) is 4.89. The highest BCUT2D eigenvalue weighted by Crippen LogP contribution is 3.03. The van der Waals surface area contributed by atoms with Gasteiger partial charge < -0.3 is 4.85 Å². The Hall–Kier alpha value is -0.510. The van der Waals surface area contributed by atoms with Crippen molar-refractivity contribution in [3.63, 3.8) is 0 Å². The largest absolute Gasteiger partial charge is 0.309 e. The average Bonchev–Trinajstić information content (AvgIpc) is 2.05. The van der Waals surface area contributed by atoms with Gasteiger partial charge >= 0.3 is 0 Å². The minimum Gasteiger partial charge on any atom is -0.309 e. The third-order valence-corrected chi connectivity index (χ3v) is 5.62. The third-order valence-electron chi connectivity index (χ3n) is 5.62. The lowest BCUT2D eigenvalue weighted by Gasteiger charge is -3.01. The van der Waals surface area contributed by atoms with Crippen molar-refractivity contribution in [3.05, 3.63) is 11.4 Å². The molecule has 0 unspecified atom stereocenters. The van der Waals surface area contributed by atoms with Gasteiger partial charge in [0.15, 0.2) is 0 Å². The molecule has 0 radical (unpaired) electrons. The van der Waals surface area contributed by atoms with Crippen LogP contribution >= 0.6 is 0 Å². The van der Waals surface area contributed by atoms with Crippen molar-refractivity contribution >= 4 is 0 Å². The average molecular weight is 129 g/mol. The highest BCUT2D eigenvalue weighted by molar-refractivity contribution is 5.56. The standard InChI is InChI=1S/C9H7N/c1-10-9-6-3-2-4(6)8(9)5(2)7(3)9/h2-8H. The van der Waals surface area contributed by atoms with Crippen molar-refractivity contribution in [1.82, 2.24) is 0 Å². The maximum Gasteiger partial charge on any atom is 0.242 e. The van der Waals surface area contributed by atoms with Crippen molar-refractivity contribution < 1.29 is 0 Å². The molecule has 0 aliphatic heterocycles. The Morgan fingerprint density at radius 3 is 1.70 bits per heavy atom. The van der Waals surface area contributed by atoms with Crippen LogP contribution in [0, 0.1) is 48.0 Å². The van der Waals surface area contributed by atoms with Crippen LogP contribution in [0.4, 0.5) is 0 Å². The van der Waals surface area contributed by atoms with Crippen LogP contribution in [-0.4, -0.2) is 5.54 Å². The predicted octanol–water partition coefficient (Wildman–Crippen LogP) is 1.03. The summed E-state index contributed by atoms with van der Waals surface area (Å²) in [6, 6.07) is 0. The van der Waals surface area contributed by atoms with Crippen LogP contribution in [0.25, 0.3) is 4.85 Å². The van der Waals surface area contributed by atoms with E-state index in [4.69, 9.17) is 6.57 Å². The summed E-state index contributed by atoms with van der Waals surface area (Å²) in [6.07, 6.45) is 0. The van der Waals surface area contributed by atoms with E-state index < -0.39 is 0 Å². The molecule has 6 aliphatic carbocycles. The van der Waals surface area contributed by atoms with Gasteiger partial charge in [0, 0.05) is 17.8 Å². The van der Waals surface area contributed by atoms with E-state index >= 15 is 0 Å². The quantitative estimate of drug-likeness (QED) is 0.430. The normalized spacial score (nSPS) is 95.3. The molecule has 0 saturated heterocycles. The molecule has 6 aliphatic rings. The molecule has 6 fully saturated rings.